The van der Waals surface area contributed by atoms with Crippen molar-refractivity contribution >= 4 is 17.5 Å². The molecular weight excluding hydrogens is 514 g/mol. The Kier molecular flexibility index (Phi) is 6.98. The highest BCUT2D eigenvalue weighted by atomic mass is 16.5. The quantitative estimate of drug-likeness (QED) is 0.448. The molecule has 0 aromatic heterocycles. The molecule has 0 radical (unpaired) electrons. The summed E-state index contributed by atoms with van der Waals surface area (Å²) in [5.41, 5.74) is 9.01. The fourth-order valence-electron chi connectivity index (χ4n) is 7.17. The van der Waals surface area contributed by atoms with Gasteiger partial charge < -0.3 is 25.6 Å². The van der Waals surface area contributed by atoms with Gasteiger partial charge in [0, 0.05) is 40.9 Å². The number of allylic oxidation sites excluding steroid dienone is 2. The van der Waals surface area contributed by atoms with E-state index >= 15 is 0 Å². The lowest BCUT2D eigenvalue weighted by molar-refractivity contribution is -0.125. The summed E-state index contributed by atoms with van der Waals surface area (Å²) in [7, 11) is 4.78. The van der Waals surface area contributed by atoms with Crippen molar-refractivity contribution in [1.29, 1.82) is 5.26 Å². The van der Waals surface area contributed by atoms with Gasteiger partial charge in [0.1, 0.15) is 6.04 Å². The lowest BCUT2D eigenvalue weighted by Crippen LogP contribution is -2.71. The third-order valence-electron chi connectivity index (χ3n) is 8.95. The van der Waals surface area contributed by atoms with E-state index in [9.17, 15) is 24.8 Å². The van der Waals surface area contributed by atoms with Crippen LogP contribution in [0.4, 0.5) is 0 Å². The summed E-state index contributed by atoms with van der Waals surface area (Å²) >= 11 is 0. The number of hydrogen-bond donors (Lipinski definition) is 3. The number of amides is 1. The third kappa shape index (κ3) is 3.85. The number of likely N-dealkylation sites (N-methyl/N-ethyl adjacent to an activating group) is 1. The average molecular weight is 550 g/mol. The van der Waals surface area contributed by atoms with Gasteiger partial charge in [-0.3, -0.25) is 24.2 Å². The second-order valence-corrected chi connectivity index (χ2v) is 11.1. The highest BCUT2D eigenvalue weighted by Crippen LogP contribution is 2.53. The van der Waals surface area contributed by atoms with E-state index in [2.05, 4.69) is 16.3 Å². The Morgan fingerprint density at radius 3 is 2.52 bits per heavy atom. The van der Waals surface area contributed by atoms with Crippen LogP contribution in [0, 0.1) is 18.3 Å². The van der Waals surface area contributed by atoms with E-state index in [1.54, 1.807) is 13.8 Å². The molecule has 4 N–H and O–H groups in total. The van der Waals surface area contributed by atoms with Crippen molar-refractivity contribution in [1.82, 2.24) is 15.1 Å². The summed E-state index contributed by atoms with van der Waals surface area (Å²) in [6.45, 7) is 4.97. The molecule has 4 aliphatic rings. The number of carbonyl (C=O) groups excluding carboxylic acids is 3. The maximum atomic E-state index is 13.8. The number of phenols is 1. The van der Waals surface area contributed by atoms with Crippen LogP contribution >= 0.6 is 0 Å². The number of ketones is 2. The van der Waals surface area contributed by atoms with Crippen molar-refractivity contribution in [3.05, 3.63) is 45.2 Å². The first kappa shape index (κ1) is 27.8. The molecule has 1 aromatic carbocycles. The third-order valence-corrected chi connectivity index (χ3v) is 8.95. The molecule has 2 bridgehead atoms. The number of nitriles is 1. The summed E-state index contributed by atoms with van der Waals surface area (Å²) in [5, 5.41) is 24.8. The minimum absolute atomic E-state index is 0.0256. The van der Waals surface area contributed by atoms with E-state index in [4.69, 9.17) is 15.2 Å². The van der Waals surface area contributed by atoms with Crippen molar-refractivity contribution in [2.45, 2.75) is 69.9 Å². The molecule has 6 atom stereocenters. The van der Waals surface area contributed by atoms with Gasteiger partial charge in [0.25, 0.3) is 0 Å². The topological polar surface area (TPSA) is 158 Å². The molecule has 0 spiro atoms. The molecule has 5 rings (SSSR count). The summed E-state index contributed by atoms with van der Waals surface area (Å²) in [4.78, 5) is 44.1. The number of nitrogens with zero attached hydrogens (tertiary/aromatic N) is 3. The molecule has 11 heteroatoms. The Bertz CT molecular complexity index is 1420. The number of piperazine rings is 1. The monoisotopic (exact) mass is 549 g/mol. The van der Waals surface area contributed by atoms with Crippen molar-refractivity contribution in [3.63, 3.8) is 0 Å². The lowest BCUT2D eigenvalue weighted by Gasteiger charge is -2.60. The fourth-order valence-corrected chi connectivity index (χ4v) is 7.17. The highest BCUT2D eigenvalue weighted by molar-refractivity contribution is 6.25. The van der Waals surface area contributed by atoms with Crippen molar-refractivity contribution < 1.29 is 29.0 Å². The van der Waals surface area contributed by atoms with E-state index in [1.165, 1.54) is 14.2 Å². The van der Waals surface area contributed by atoms with Gasteiger partial charge in [0.15, 0.2) is 23.0 Å². The van der Waals surface area contributed by atoms with Crippen LogP contribution in [-0.2, 0) is 25.5 Å². The van der Waals surface area contributed by atoms with Gasteiger partial charge in [-0.05, 0) is 51.8 Å². The molecule has 1 saturated heterocycles. The predicted octanol–water partition coefficient (Wildman–Crippen LogP) is 0.788. The van der Waals surface area contributed by atoms with E-state index in [0.717, 1.165) is 11.1 Å². The molecule has 11 nitrogen and oxygen atoms in total. The van der Waals surface area contributed by atoms with E-state index in [1.807, 2.05) is 24.9 Å². The maximum Gasteiger partial charge on any atom is 0.236 e. The maximum absolute atomic E-state index is 13.8. The molecular formula is C29H35N5O6. The van der Waals surface area contributed by atoms with Gasteiger partial charge in [-0.1, -0.05) is 6.07 Å². The van der Waals surface area contributed by atoms with E-state index in [-0.39, 0.29) is 47.4 Å². The number of fused-ring (bicyclic) bond motifs is 6. The minimum atomic E-state index is -0.787. The highest BCUT2D eigenvalue weighted by Gasteiger charge is 2.57. The number of nitrogens with one attached hydrogen (secondary N) is 1. The normalized spacial score (nSPS) is 28.8. The van der Waals surface area contributed by atoms with Crippen LogP contribution in [0.1, 0.15) is 43.0 Å². The first-order chi connectivity index (χ1) is 19.0. The van der Waals surface area contributed by atoms with Crippen molar-refractivity contribution in [3.8, 4) is 17.6 Å². The molecule has 1 amide bonds. The van der Waals surface area contributed by atoms with Crippen molar-refractivity contribution in [2.75, 3.05) is 27.8 Å². The van der Waals surface area contributed by atoms with Crippen LogP contribution in [0.3, 0.4) is 0 Å². The number of carbonyl (C=O) groups is 3. The summed E-state index contributed by atoms with van der Waals surface area (Å²) in [6, 6.07) is 1.07. The van der Waals surface area contributed by atoms with Gasteiger partial charge in [-0.2, -0.15) is 5.26 Å². The number of Topliss-reactive ketones (excluding diaryl/α,β-unsaturated/α-hetero) is 2. The van der Waals surface area contributed by atoms with Gasteiger partial charge in [-0.15, -0.1) is 0 Å². The Morgan fingerprint density at radius 2 is 1.93 bits per heavy atom. The SMILES string of the molecule is COC1=C(C)C(=O)C2=C(C1=O)[C@H](CNC(=O)C(C)N)N1C(C2)[C@H]2c3c(cc(C)c(OC)c3O)C[C@@H]([C@@H]1C#N)N2C. The number of rotatable bonds is 5. The Balaban J connectivity index is 1.72. The van der Waals surface area contributed by atoms with Gasteiger partial charge >= 0.3 is 0 Å². The predicted molar refractivity (Wildman–Crippen MR) is 144 cm³/mol. The number of hydrogen-bond acceptors (Lipinski definition) is 10. The number of aryl methyl sites for hydroxylation is 1. The van der Waals surface area contributed by atoms with Crippen LogP contribution in [-0.4, -0.2) is 90.4 Å². The zero-order valence-electron chi connectivity index (χ0n) is 23.6. The van der Waals surface area contributed by atoms with Gasteiger partial charge in [0.2, 0.25) is 11.7 Å². The Hall–Kier alpha value is -3.72. The molecule has 3 aliphatic heterocycles. The summed E-state index contributed by atoms with van der Waals surface area (Å²) in [5.74, 6) is -0.749. The molecule has 40 heavy (non-hydrogen) atoms. The van der Waals surface area contributed by atoms with Crippen molar-refractivity contribution in [2.24, 2.45) is 5.73 Å². The molecule has 212 valence electrons. The first-order valence-corrected chi connectivity index (χ1v) is 13.4. The standard InChI is InChI=1S/C29H35N5O6/c1-12-7-15-8-17-19(10-30)34-18(23(33(17)4)21(15)25(36)27(12)39-5)9-16-22(20(34)11-32-29(38)14(3)31)26(37)28(40-6)13(2)24(16)35/h7,14,17-20,23,36H,8-9,11,31H2,1-6H3,(H,32,38)/t14?,17-,18?,19-,20-,23-/m0/s1. The average Bonchev–Trinajstić information content (AvgIpc) is 2.91. The van der Waals surface area contributed by atoms with Crippen LogP contribution in [0.15, 0.2) is 28.5 Å². The first-order valence-electron chi connectivity index (χ1n) is 13.4. The number of aromatic hydroxyl groups is 1. The zero-order chi connectivity index (χ0) is 29.2. The summed E-state index contributed by atoms with van der Waals surface area (Å²) < 4.78 is 10.9. The number of methoxy groups -OCH3 is 2. The minimum Gasteiger partial charge on any atom is -0.504 e. The van der Waals surface area contributed by atoms with E-state index in [0.29, 0.717) is 23.3 Å². The molecule has 1 aromatic rings. The largest absolute Gasteiger partial charge is 0.504 e. The molecule has 1 aliphatic carbocycles. The zero-order valence-corrected chi connectivity index (χ0v) is 23.6. The van der Waals surface area contributed by atoms with Gasteiger partial charge in [0.05, 0.1) is 38.4 Å². The fraction of sp³-hybridized carbons (Fsp3) is 0.517. The molecule has 3 heterocycles. The Morgan fingerprint density at radius 1 is 1.23 bits per heavy atom. The molecule has 2 unspecified atom stereocenters. The second kappa shape index (κ2) is 10.0. The second-order valence-electron chi connectivity index (χ2n) is 11.1. The molecule has 1 fully saturated rings. The number of ether oxygens (including phenoxy) is 2. The Labute approximate surface area is 233 Å². The lowest BCUT2D eigenvalue weighted by atomic mass is 9.69. The van der Waals surface area contributed by atoms with Crippen LogP contribution in [0.2, 0.25) is 0 Å². The van der Waals surface area contributed by atoms with Crippen LogP contribution in [0.25, 0.3) is 0 Å². The smallest absolute Gasteiger partial charge is 0.236 e. The van der Waals surface area contributed by atoms with Gasteiger partial charge in [-0.25, -0.2) is 0 Å². The van der Waals surface area contributed by atoms with Crippen LogP contribution in [0.5, 0.6) is 11.5 Å². The summed E-state index contributed by atoms with van der Waals surface area (Å²) in [6.07, 6.45) is 0.670. The molecule has 0 saturated carbocycles. The number of phenolic OH excluding ortho intramolecular Hbond substituents is 1. The number of nitrogens with two attached hydrogens (primary N) is 1. The number of benzene rings is 1. The van der Waals surface area contributed by atoms with Crippen LogP contribution < -0.4 is 15.8 Å². The van der Waals surface area contributed by atoms with E-state index < -0.39 is 41.9 Å².